The van der Waals surface area contributed by atoms with E-state index in [1.807, 2.05) is 24.3 Å². The Hall–Kier alpha value is -1.31. The fourth-order valence-electron chi connectivity index (χ4n) is 2.21. The van der Waals surface area contributed by atoms with Crippen molar-refractivity contribution >= 4 is 41.0 Å². The van der Waals surface area contributed by atoms with Crippen LogP contribution in [0.15, 0.2) is 29.3 Å². The maximum Gasteiger partial charge on any atom is 0.191 e. The fraction of sp³-hybridized carbons (Fsp3) is 0.467. The molecule has 3 N–H and O–H groups in total. The Kier molecular flexibility index (Phi) is 7.49. The minimum atomic E-state index is 0. The number of benzene rings is 1. The van der Waals surface area contributed by atoms with Gasteiger partial charge in [0.1, 0.15) is 5.82 Å². The Morgan fingerprint density at radius 3 is 2.67 bits per heavy atom. The van der Waals surface area contributed by atoms with Crippen LogP contribution in [0.3, 0.4) is 0 Å². The number of para-hydroxylation sites is 2. The van der Waals surface area contributed by atoms with E-state index in [9.17, 15) is 0 Å². The molecular weight excluding hydrogens is 377 g/mol. The number of nitrogens with zero attached hydrogens (tertiary/aromatic N) is 3. The van der Waals surface area contributed by atoms with Gasteiger partial charge in [-0.1, -0.05) is 12.1 Å². The molecule has 0 saturated heterocycles. The zero-order chi connectivity index (χ0) is 14.4. The highest BCUT2D eigenvalue weighted by Crippen LogP contribution is 2.11. The fourth-order valence-corrected chi connectivity index (χ4v) is 2.21. The summed E-state index contributed by atoms with van der Waals surface area (Å²) >= 11 is 0. The number of hydrogen-bond acceptors (Lipinski definition) is 2. The van der Waals surface area contributed by atoms with Gasteiger partial charge in [0.15, 0.2) is 5.96 Å². The Balaban J connectivity index is 0.00000220. The molecule has 0 bridgehead atoms. The van der Waals surface area contributed by atoms with Crippen molar-refractivity contribution in [2.75, 3.05) is 19.6 Å². The van der Waals surface area contributed by atoms with Crippen molar-refractivity contribution in [1.82, 2.24) is 14.9 Å². The molecule has 0 unspecified atom stereocenters. The number of aliphatic imine (C=N–C) groups is 1. The molecule has 0 aliphatic heterocycles. The number of imidazole rings is 1. The molecule has 0 fully saturated rings. The SMILES string of the molecule is CCN(CC)C(N)=NCCCc1nc2ccccc2[nH]1.I. The molecule has 1 aromatic heterocycles. The lowest BCUT2D eigenvalue weighted by atomic mass is 10.3. The Bertz CT molecular complexity index is 541. The van der Waals surface area contributed by atoms with Crippen LogP contribution < -0.4 is 5.73 Å². The van der Waals surface area contributed by atoms with E-state index in [0.717, 1.165) is 49.3 Å². The average Bonchev–Trinajstić information content (AvgIpc) is 2.87. The second-order valence-corrected chi connectivity index (χ2v) is 4.72. The highest BCUT2D eigenvalue weighted by Gasteiger charge is 2.03. The van der Waals surface area contributed by atoms with Gasteiger partial charge in [-0.05, 0) is 32.4 Å². The van der Waals surface area contributed by atoms with E-state index in [1.165, 1.54) is 0 Å². The summed E-state index contributed by atoms with van der Waals surface area (Å²) in [7, 11) is 0. The first kappa shape index (κ1) is 17.7. The maximum atomic E-state index is 5.93. The van der Waals surface area contributed by atoms with Crippen LogP contribution in [-0.4, -0.2) is 40.5 Å². The van der Waals surface area contributed by atoms with Gasteiger partial charge in [0.25, 0.3) is 0 Å². The van der Waals surface area contributed by atoms with Crippen molar-refractivity contribution in [3.8, 4) is 0 Å². The van der Waals surface area contributed by atoms with Gasteiger partial charge in [-0.25, -0.2) is 4.98 Å². The van der Waals surface area contributed by atoms with Gasteiger partial charge < -0.3 is 15.6 Å². The lowest BCUT2D eigenvalue weighted by Gasteiger charge is -2.19. The standard InChI is InChI=1S/C15H23N5.HI/c1-3-20(4-2)15(16)17-11-7-10-14-18-12-8-5-6-9-13(12)19-14;/h5-6,8-9H,3-4,7,10-11H2,1-2H3,(H2,16,17)(H,18,19);1H. The quantitative estimate of drug-likeness (QED) is 0.339. The third-order valence-corrected chi connectivity index (χ3v) is 3.37. The van der Waals surface area contributed by atoms with E-state index < -0.39 is 0 Å². The number of halogens is 1. The van der Waals surface area contributed by atoms with Crippen LogP contribution in [0.25, 0.3) is 11.0 Å². The molecule has 0 aliphatic rings. The summed E-state index contributed by atoms with van der Waals surface area (Å²) in [6, 6.07) is 8.08. The molecule has 6 heteroatoms. The second-order valence-electron chi connectivity index (χ2n) is 4.72. The zero-order valence-electron chi connectivity index (χ0n) is 12.7. The summed E-state index contributed by atoms with van der Waals surface area (Å²) in [5.74, 6) is 1.66. The summed E-state index contributed by atoms with van der Waals surface area (Å²) in [5.41, 5.74) is 8.05. The molecular formula is C15H24IN5. The highest BCUT2D eigenvalue weighted by molar-refractivity contribution is 14.0. The van der Waals surface area contributed by atoms with Crippen molar-refractivity contribution in [2.24, 2.45) is 10.7 Å². The number of fused-ring (bicyclic) bond motifs is 1. The molecule has 1 aromatic carbocycles. The van der Waals surface area contributed by atoms with E-state index in [1.54, 1.807) is 0 Å². The molecule has 0 radical (unpaired) electrons. The van der Waals surface area contributed by atoms with Gasteiger partial charge in [0.05, 0.1) is 11.0 Å². The van der Waals surface area contributed by atoms with Crippen molar-refractivity contribution in [3.05, 3.63) is 30.1 Å². The normalized spacial score (nSPS) is 11.4. The summed E-state index contributed by atoms with van der Waals surface area (Å²) in [4.78, 5) is 14.3. The third-order valence-electron chi connectivity index (χ3n) is 3.37. The van der Waals surface area contributed by atoms with Crippen LogP contribution >= 0.6 is 24.0 Å². The molecule has 2 aromatic rings. The molecule has 0 spiro atoms. The lowest BCUT2D eigenvalue weighted by Crippen LogP contribution is -2.37. The van der Waals surface area contributed by atoms with Crippen LogP contribution in [0, 0.1) is 0 Å². The number of hydrogen-bond donors (Lipinski definition) is 2. The maximum absolute atomic E-state index is 5.93. The molecule has 21 heavy (non-hydrogen) atoms. The summed E-state index contributed by atoms with van der Waals surface area (Å²) in [5, 5.41) is 0. The molecule has 0 amide bonds. The van der Waals surface area contributed by atoms with Crippen molar-refractivity contribution in [1.29, 1.82) is 0 Å². The summed E-state index contributed by atoms with van der Waals surface area (Å²) in [6.07, 6.45) is 1.84. The Morgan fingerprint density at radius 2 is 2.00 bits per heavy atom. The molecule has 5 nitrogen and oxygen atoms in total. The predicted octanol–water partition coefficient (Wildman–Crippen LogP) is 2.77. The first-order chi connectivity index (χ1) is 9.74. The van der Waals surface area contributed by atoms with Crippen LogP contribution in [0.2, 0.25) is 0 Å². The largest absolute Gasteiger partial charge is 0.370 e. The van der Waals surface area contributed by atoms with Gasteiger partial charge in [0.2, 0.25) is 0 Å². The van der Waals surface area contributed by atoms with Crippen LogP contribution in [-0.2, 0) is 6.42 Å². The number of rotatable bonds is 6. The van der Waals surface area contributed by atoms with Crippen LogP contribution in [0.5, 0.6) is 0 Å². The second kappa shape index (κ2) is 8.86. The van der Waals surface area contributed by atoms with Crippen LogP contribution in [0.4, 0.5) is 0 Å². The van der Waals surface area contributed by atoms with E-state index >= 15 is 0 Å². The average molecular weight is 401 g/mol. The smallest absolute Gasteiger partial charge is 0.191 e. The van der Waals surface area contributed by atoms with Gasteiger partial charge in [0, 0.05) is 26.1 Å². The van der Waals surface area contributed by atoms with E-state index in [2.05, 4.69) is 33.7 Å². The number of aromatic nitrogens is 2. The predicted molar refractivity (Wildman–Crippen MR) is 99.2 cm³/mol. The number of H-pyrrole nitrogens is 1. The van der Waals surface area contributed by atoms with Gasteiger partial charge in [-0.2, -0.15) is 0 Å². The van der Waals surface area contributed by atoms with Crippen molar-refractivity contribution < 1.29 is 0 Å². The summed E-state index contributed by atoms with van der Waals surface area (Å²) in [6.45, 7) is 6.70. The third kappa shape index (κ3) is 4.87. The number of guanidine groups is 1. The number of nitrogens with one attached hydrogen (secondary N) is 1. The van der Waals surface area contributed by atoms with E-state index in [0.29, 0.717) is 5.96 Å². The molecule has 0 saturated carbocycles. The van der Waals surface area contributed by atoms with E-state index in [4.69, 9.17) is 5.73 Å². The molecule has 0 aliphatic carbocycles. The number of aryl methyl sites for hydroxylation is 1. The summed E-state index contributed by atoms with van der Waals surface area (Å²) < 4.78 is 0. The Morgan fingerprint density at radius 1 is 1.29 bits per heavy atom. The zero-order valence-corrected chi connectivity index (χ0v) is 15.0. The van der Waals surface area contributed by atoms with E-state index in [-0.39, 0.29) is 24.0 Å². The van der Waals surface area contributed by atoms with Crippen molar-refractivity contribution in [3.63, 3.8) is 0 Å². The monoisotopic (exact) mass is 401 g/mol. The number of aromatic amines is 1. The minimum absolute atomic E-state index is 0. The topological polar surface area (TPSA) is 70.3 Å². The Labute approximate surface area is 143 Å². The van der Waals surface area contributed by atoms with Crippen molar-refractivity contribution in [2.45, 2.75) is 26.7 Å². The lowest BCUT2D eigenvalue weighted by molar-refractivity contribution is 0.458. The molecule has 116 valence electrons. The first-order valence-corrected chi connectivity index (χ1v) is 7.23. The van der Waals surface area contributed by atoms with Gasteiger partial charge in [-0.3, -0.25) is 4.99 Å². The molecule has 0 atom stereocenters. The first-order valence-electron chi connectivity index (χ1n) is 7.23. The van der Waals surface area contributed by atoms with Gasteiger partial charge >= 0.3 is 0 Å². The van der Waals surface area contributed by atoms with Crippen LogP contribution in [0.1, 0.15) is 26.1 Å². The minimum Gasteiger partial charge on any atom is -0.370 e. The number of nitrogens with two attached hydrogens (primary N) is 1. The molecule has 2 rings (SSSR count). The molecule has 1 heterocycles. The highest BCUT2D eigenvalue weighted by atomic mass is 127. The van der Waals surface area contributed by atoms with Gasteiger partial charge in [-0.15, -0.1) is 24.0 Å².